The molecule has 0 amide bonds. The van der Waals surface area contributed by atoms with Gasteiger partial charge in [-0.25, -0.2) is 0 Å². The van der Waals surface area contributed by atoms with E-state index in [4.69, 9.17) is 0 Å². The van der Waals surface area contributed by atoms with Crippen LogP contribution in [0.1, 0.15) is 26.7 Å². The molecule has 0 saturated carbocycles. The lowest BCUT2D eigenvalue weighted by atomic mass is 9.99. The lowest BCUT2D eigenvalue weighted by molar-refractivity contribution is -0.269. The Kier molecular flexibility index (Phi) is 4.02. The Morgan fingerprint density at radius 3 is 1.93 bits per heavy atom. The van der Waals surface area contributed by atoms with E-state index in [1.165, 1.54) is 6.92 Å². The smallest absolute Gasteiger partial charge is 0.293 e. The molecule has 0 radical (unpaired) electrons. The Bertz CT molecular complexity index is 208. The zero-order chi connectivity index (χ0) is 11.6. The number of hydrogen-bond donors (Lipinski definition) is 0. The summed E-state index contributed by atoms with van der Waals surface area (Å²) in [5.74, 6) is -7.73. The Morgan fingerprint density at radius 2 is 1.64 bits per heavy atom. The fourth-order valence-electron chi connectivity index (χ4n) is 0.747. The van der Waals surface area contributed by atoms with Gasteiger partial charge in [0.05, 0.1) is 0 Å². The highest BCUT2D eigenvalue weighted by molar-refractivity contribution is 5.86. The fraction of sp³-hybridized carbons (Fsp3) is 0.875. The minimum Gasteiger partial charge on any atom is -0.293 e. The largest absolute Gasteiger partial charge is 0.461 e. The van der Waals surface area contributed by atoms with Crippen LogP contribution in [0.25, 0.3) is 0 Å². The van der Waals surface area contributed by atoms with Crippen molar-refractivity contribution < 1.29 is 26.7 Å². The summed E-state index contributed by atoms with van der Waals surface area (Å²) >= 11 is 0. The van der Waals surface area contributed by atoms with E-state index in [1.807, 2.05) is 0 Å². The molecule has 0 aliphatic heterocycles. The molecule has 6 heteroatoms. The molecule has 0 fully saturated rings. The second-order valence-electron chi connectivity index (χ2n) is 3.21. The Morgan fingerprint density at radius 1 is 1.21 bits per heavy atom. The van der Waals surface area contributed by atoms with E-state index in [0.717, 1.165) is 0 Å². The van der Waals surface area contributed by atoms with Crippen molar-refractivity contribution in [2.24, 2.45) is 5.92 Å². The first-order valence-corrected chi connectivity index (χ1v) is 4.10. The quantitative estimate of drug-likeness (QED) is 0.662. The standard InChI is InChI=1S/C8H11F5O/c1-3-5(2)4-6(14)7(9,10)8(11,12)13/h5H,3-4H2,1-2H3. The molecule has 0 bridgehead atoms. The summed E-state index contributed by atoms with van der Waals surface area (Å²) in [6.45, 7) is 3.06. The molecule has 0 rings (SSSR count). The van der Waals surface area contributed by atoms with Crippen molar-refractivity contribution in [2.45, 2.75) is 38.8 Å². The molecule has 1 nitrogen and oxygen atoms in total. The monoisotopic (exact) mass is 218 g/mol. The molecule has 84 valence electrons. The van der Waals surface area contributed by atoms with Crippen LogP contribution in [0, 0.1) is 5.92 Å². The lowest BCUT2D eigenvalue weighted by Gasteiger charge is -2.19. The first-order valence-electron chi connectivity index (χ1n) is 4.10. The van der Waals surface area contributed by atoms with Crippen molar-refractivity contribution in [3.8, 4) is 0 Å². The van der Waals surface area contributed by atoms with Gasteiger partial charge in [-0.3, -0.25) is 4.79 Å². The summed E-state index contributed by atoms with van der Waals surface area (Å²) in [4.78, 5) is 10.6. The third-order valence-corrected chi connectivity index (χ3v) is 1.94. The van der Waals surface area contributed by atoms with Gasteiger partial charge in [-0.1, -0.05) is 20.3 Å². The van der Waals surface area contributed by atoms with E-state index in [2.05, 4.69) is 0 Å². The van der Waals surface area contributed by atoms with Gasteiger partial charge in [-0.2, -0.15) is 22.0 Å². The molecule has 0 aromatic rings. The number of alkyl halides is 5. The highest BCUT2D eigenvalue weighted by Gasteiger charge is 2.62. The molecule has 1 atom stereocenters. The van der Waals surface area contributed by atoms with Crippen molar-refractivity contribution in [3.05, 3.63) is 0 Å². The molecule has 0 aliphatic carbocycles. The Hall–Kier alpha value is -0.680. The van der Waals surface area contributed by atoms with Gasteiger partial charge in [-0.05, 0) is 5.92 Å². The summed E-state index contributed by atoms with van der Waals surface area (Å²) in [6.07, 6.45) is -6.14. The van der Waals surface area contributed by atoms with Crippen molar-refractivity contribution in [3.63, 3.8) is 0 Å². The molecule has 0 spiro atoms. The molecule has 0 aromatic heterocycles. The minimum absolute atomic E-state index is 0.389. The summed E-state index contributed by atoms with van der Waals surface area (Å²) in [5.41, 5.74) is 0. The molecular weight excluding hydrogens is 207 g/mol. The van der Waals surface area contributed by atoms with Crippen LogP contribution in [0.15, 0.2) is 0 Å². The van der Waals surface area contributed by atoms with Gasteiger partial charge in [-0.15, -0.1) is 0 Å². The maximum atomic E-state index is 12.3. The van der Waals surface area contributed by atoms with Crippen LogP contribution < -0.4 is 0 Å². The number of halogens is 5. The zero-order valence-electron chi connectivity index (χ0n) is 7.79. The van der Waals surface area contributed by atoms with Gasteiger partial charge in [0.25, 0.3) is 0 Å². The number of rotatable bonds is 4. The topological polar surface area (TPSA) is 17.1 Å². The van der Waals surface area contributed by atoms with Crippen LogP contribution in [0.4, 0.5) is 22.0 Å². The predicted molar refractivity (Wildman–Crippen MR) is 40.1 cm³/mol. The van der Waals surface area contributed by atoms with Crippen molar-refractivity contribution in [2.75, 3.05) is 0 Å². The van der Waals surface area contributed by atoms with Crippen LogP contribution in [0.3, 0.4) is 0 Å². The highest BCUT2D eigenvalue weighted by atomic mass is 19.4. The van der Waals surface area contributed by atoms with Crippen LogP contribution in [-0.4, -0.2) is 17.9 Å². The van der Waals surface area contributed by atoms with Gasteiger partial charge >= 0.3 is 12.1 Å². The molecule has 1 unspecified atom stereocenters. The maximum absolute atomic E-state index is 12.3. The molecular formula is C8H11F5O. The first-order chi connectivity index (χ1) is 6.13. The molecule has 0 aromatic carbocycles. The average molecular weight is 218 g/mol. The predicted octanol–water partition coefficient (Wildman–Crippen LogP) is 3.19. The third kappa shape index (κ3) is 2.92. The van der Waals surface area contributed by atoms with Crippen LogP contribution >= 0.6 is 0 Å². The highest BCUT2D eigenvalue weighted by Crippen LogP contribution is 2.37. The van der Waals surface area contributed by atoms with Crippen LogP contribution in [0.5, 0.6) is 0 Å². The van der Waals surface area contributed by atoms with Crippen LogP contribution in [-0.2, 0) is 4.79 Å². The van der Waals surface area contributed by atoms with Gasteiger partial charge in [0, 0.05) is 6.42 Å². The lowest BCUT2D eigenvalue weighted by Crippen LogP contribution is -2.44. The van der Waals surface area contributed by atoms with Crippen LogP contribution in [0.2, 0.25) is 0 Å². The second kappa shape index (κ2) is 4.23. The van der Waals surface area contributed by atoms with Crippen molar-refractivity contribution >= 4 is 5.78 Å². The molecule has 0 aliphatic rings. The number of Topliss-reactive ketones (excluding diaryl/α,β-unsaturated/α-hetero) is 1. The number of carbonyl (C=O) groups excluding carboxylic acids is 1. The van der Waals surface area contributed by atoms with E-state index in [-0.39, 0.29) is 0 Å². The van der Waals surface area contributed by atoms with Gasteiger partial charge < -0.3 is 0 Å². The van der Waals surface area contributed by atoms with Crippen molar-refractivity contribution in [1.82, 2.24) is 0 Å². The van der Waals surface area contributed by atoms with Crippen molar-refractivity contribution in [1.29, 1.82) is 0 Å². The molecule has 0 heterocycles. The van der Waals surface area contributed by atoms with E-state index < -0.39 is 30.2 Å². The third-order valence-electron chi connectivity index (χ3n) is 1.94. The SMILES string of the molecule is CCC(C)CC(=O)C(F)(F)C(F)(F)F. The summed E-state index contributed by atoms with van der Waals surface area (Å²) in [7, 11) is 0. The maximum Gasteiger partial charge on any atom is 0.461 e. The number of ketones is 1. The summed E-state index contributed by atoms with van der Waals surface area (Å²) in [6, 6.07) is 0. The van der Waals surface area contributed by atoms with E-state index in [9.17, 15) is 26.7 Å². The Balaban J connectivity index is 4.53. The summed E-state index contributed by atoms with van der Waals surface area (Å²) < 4.78 is 59.7. The second-order valence-corrected chi connectivity index (χ2v) is 3.21. The Labute approximate surface area is 78.3 Å². The van der Waals surface area contributed by atoms with Gasteiger partial charge in [0.2, 0.25) is 5.78 Å². The van der Waals surface area contributed by atoms with E-state index in [0.29, 0.717) is 6.42 Å². The average Bonchev–Trinajstić information content (AvgIpc) is 2.01. The molecule has 14 heavy (non-hydrogen) atoms. The van der Waals surface area contributed by atoms with E-state index >= 15 is 0 Å². The van der Waals surface area contributed by atoms with E-state index in [1.54, 1.807) is 6.92 Å². The number of hydrogen-bond acceptors (Lipinski definition) is 1. The first kappa shape index (κ1) is 13.3. The zero-order valence-corrected chi connectivity index (χ0v) is 7.79. The normalized spacial score (nSPS) is 15.4. The summed E-state index contributed by atoms with van der Waals surface area (Å²) in [5, 5.41) is 0. The molecule has 0 N–H and O–H groups in total. The minimum atomic E-state index is -5.78. The van der Waals surface area contributed by atoms with Gasteiger partial charge in [0.15, 0.2) is 0 Å². The fourth-order valence-corrected chi connectivity index (χ4v) is 0.747. The van der Waals surface area contributed by atoms with Gasteiger partial charge in [0.1, 0.15) is 0 Å². The number of carbonyl (C=O) groups is 1. The molecule has 0 saturated heterocycles.